The third-order valence-corrected chi connectivity index (χ3v) is 6.74. The average molecular weight is 452 g/mol. The van der Waals surface area contributed by atoms with Crippen molar-refractivity contribution in [2.24, 2.45) is 0 Å². The Morgan fingerprint density at radius 3 is 2.15 bits per heavy atom. The van der Waals surface area contributed by atoms with Gasteiger partial charge < -0.3 is 25.4 Å². The van der Waals surface area contributed by atoms with Crippen molar-refractivity contribution in [1.29, 1.82) is 0 Å². The second-order valence-electron chi connectivity index (χ2n) is 9.38. The molecule has 2 fully saturated rings. The van der Waals surface area contributed by atoms with Crippen molar-refractivity contribution in [3.63, 3.8) is 0 Å². The smallest absolute Gasteiger partial charge is 0.315 e. The van der Waals surface area contributed by atoms with Crippen molar-refractivity contribution in [3.05, 3.63) is 54.6 Å². The Kier molecular flexibility index (Phi) is 8.61. The van der Waals surface area contributed by atoms with E-state index in [1.165, 1.54) is 24.8 Å². The van der Waals surface area contributed by atoms with Gasteiger partial charge in [0.25, 0.3) is 0 Å². The molecule has 2 aromatic carbocycles. The fraction of sp³-hybridized carbons (Fsp3) is 0.519. The quantitative estimate of drug-likeness (QED) is 0.563. The molecular formula is C27H37N3O3. The first-order valence-corrected chi connectivity index (χ1v) is 12.4. The van der Waals surface area contributed by atoms with E-state index >= 15 is 0 Å². The summed E-state index contributed by atoms with van der Waals surface area (Å²) in [5, 5.41) is 16.7. The van der Waals surface area contributed by atoms with Crippen LogP contribution >= 0.6 is 0 Å². The van der Waals surface area contributed by atoms with Gasteiger partial charge in [-0.25, -0.2) is 4.79 Å². The van der Waals surface area contributed by atoms with Gasteiger partial charge in [-0.3, -0.25) is 0 Å². The van der Waals surface area contributed by atoms with E-state index in [9.17, 15) is 9.90 Å². The van der Waals surface area contributed by atoms with Crippen LogP contribution in [0.3, 0.4) is 0 Å². The highest BCUT2D eigenvalue weighted by atomic mass is 16.5. The second kappa shape index (κ2) is 12.1. The topological polar surface area (TPSA) is 73.8 Å². The van der Waals surface area contributed by atoms with Gasteiger partial charge in [-0.1, -0.05) is 61.7 Å². The maximum atomic E-state index is 12.3. The molecule has 1 unspecified atom stereocenters. The number of ether oxygens (including phenoxy) is 1. The van der Waals surface area contributed by atoms with Crippen molar-refractivity contribution in [1.82, 2.24) is 15.5 Å². The number of carbonyl (C=O) groups excluding carboxylic acids is 1. The van der Waals surface area contributed by atoms with Gasteiger partial charge in [0.1, 0.15) is 18.5 Å². The van der Waals surface area contributed by atoms with E-state index in [1.54, 1.807) is 0 Å². The number of carbonyl (C=O) groups is 1. The van der Waals surface area contributed by atoms with Crippen LogP contribution in [-0.2, 0) is 0 Å². The zero-order valence-electron chi connectivity index (χ0n) is 19.4. The summed E-state index contributed by atoms with van der Waals surface area (Å²) in [7, 11) is 0. The molecule has 0 radical (unpaired) electrons. The van der Waals surface area contributed by atoms with E-state index in [-0.39, 0.29) is 18.7 Å². The van der Waals surface area contributed by atoms with Gasteiger partial charge in [0.05, 0.1) is 0 Å². The van der Waals surface area contributed by atoms with Crippen molar-refractivity contribution < 1.29 is 14.6 Å². The van der Waals surface area contributed by atoms with Crippen LogP contribution in [0.1, 0.15) is 44.9 Å². The number of urea groups is 1. The second-order valence-corrected chi connectivity index (χ2v) is 9.38. The van der Waals surface area contributed by atoms with Crippen LogP contribution < -0.4 is 15.4 Å². The summed E-state index contributed by atoms with van der Waals surface area (Å²) in [6.45, 7) is 2.60. The minimum atomic E-state index is -0.544. The third-order valence-electron chi connectivity index (χ3n) is 6.74. The Bertz CT molecular complexity index is 845. The van der Waals surface area contributed by atoms with E-state index in [0.717, 1.165) is 50.1 Å². The summed E-state index contributed by atoms with van der Waals surface area (Å²) < 4.78 is 5.80. The monoisotopic (exact) mass is 451 g/mol. The van der Waals surface area contributed by atoms with Crippen LogP contribution in [0.2, 0.25) is 0 Å². The number of β-amino-alcohol motifs (C(OH)–C–C–N with tert-alkyl or cyclic N) is 1. The van der Waals surface area contributed by atoms with Crippen LogP contribution in [0.25, 0.3) is 11.1 Å². The van der Waals surface area contributed by atoms with Crippen molar-refractivity contribution in [3.8, 4) is 16.9 Å². The Morgan fingerprint density at radius 2 is 1.48 bits per heavy atom. The normalized spacial score (nSPS) is 19.1. The Balaban J connectivity index is 1.12. The fourth-order valence-corrected chi connectivity index (χ4v) is 4.84. The Hall–Kier alpha value is -2.57. The van der Waals surface area contributed by atoms with Crippen LogP contribution in [-0.4, -0.2) is 60.5 Å². The summed E-state index contributed by atoms with van der Waals surface area (Å²) in [5.41, 5.74) is 2.32. The highest BCUT2D eigenvalue weighted by Gasteiger charge is 2.23. The minimum Gasteiger partial charge on any atom is -0.491 e. The fourth-order valence-electron chi connectivity index (χ4n) is 4.84. The number of benzene rings is 2. The molecule has 1 aliphatic heterocycles. The summed E-state index contributed by atoms with van der Waals surface area (Å²) in [6.07, 6.45) is 7.20. The number of hydrogen-bond donors (Lipinski definition) is 3. The van der Waals surface area contributed by atoms with E-state index < -0.39 is 6.10 Å². The summed E-state index contributed by atoms with van der Waals surface area (Å²) in [6, 6.07) is 18.7. The van der Waals surface area contributed by atoms with E-state index in [0.29, 0.717) is 12.6 Å². The molecule has 178 valence electrons. The molecule has 1 heterocycles. The molecule has 0 bridgehead atoms. The number of hydrogen-bond acceptors (Lipinski definition) is 4. The van der Waals surface area contributed by atoms with Gasteiger partial charge in [0, 0.05) is 31.7 Å². The highest BCUT2D eigenvalue weighted by molar-refractivity contribution is 5.74. The van der Waals surface area contributed by atoms with Crippen LogP contribution in [0.4, 0.5) is 4.79 Å². The third kappa shape index (κ3) is 7.47. The number of likely N-dealkylation sites (tertiary alicyclic amines) is 1. The van der Waals surface area contributed by atoms with Crippen LogP contribution in [0, 0.1) is 0 Å². The van der Waals surface area contributed by atoms with E-state index in [2.05, 4.69) is 27.7 Å². The van der Waals surface area contributed by atoms with Gasteiger partial charge in [0.2, 0.25) is 0 Å². The Morgan fingerprint density at radius 1 is 0.879 bits per heavy atom. The molecular weight excluding hydrogens is 414 g/mol. The van der Waals surface area contributed by atoms with Gasteiger partial charge >= 0.3 is 6.03 Å². The first-order chi connectivity index (χ1) is 16.2. The Labute approximate surface area is 197 Å². The van der Waals surface area contributed by atoms with Crippen LogP contribution in [0.5, 0.6) is 5.75 Å². The van der Waals surface area contributed by atoms with Crippen LogP contribution in [0.15, 0.2) is 54.6 Å². The number of nitrogens with one attached hydrogen (secondary N) is 2. The van der Waals surface area contributed by atoms with Gasteiger partial charge in [-0.15, -0.1) is 0 Å². The average Bonchev–Trinajstić information content (AvgIpc) is 2.85. The number of piperidine rings is 1. The number of nitrogens with zero attached hydrogens (tertiary/aromatic N) is 1. The molecule has 1 atom stereocenters. The predicted octanol–water partition coefficient (Wildman–Crippen LogP) is 4.19. The highest BCUT2D eigenvalue weighted by Crippen LogP contribution is 2.22. The molecule has 3 N–H and O–H groups in total. The van der Waals surface area contributed by atoms with E-state index in [1.807, 2.05) is 42.5 Å². The molecule has 1 saturated heterocycles. The van der Waals surface area contributed by atoms with E-state index in [4.69, 9.17) is 4.74 Å². The lowest BCUT2D eigenvalue weighted by Gasteiger charge is -2.34. The molecule has 1 saturated carbocycles. The lowest BCUT2D eigenvalue weighted by atomic mass is 9.96. The molecule has 1 aliphatic carbocycles. The minimum absolute atomic E-state index is 0.0212. The first-order valence-electron chi connectivity index (χ1n) is 12.4. The summed E-state index contributed by atoms with van der Waals surface area (Å²) >= 11 is 0. The standard InChI is InChI=1S/C27H37N3O3/c31-25(20-33-26-13-11-22(12-14-26)21-7-3-1-4-8-21)19-30-17-15-24(16-18-30)29-27(32)28-23-9-5-2-6-10-23/h1,3-4,7-8,11-14,23-25,31H,2,5-6,9-10,15-20H2,(H2,28,29,32). The molecule has 2 aliphatic rings. The molecule has 4 rings (SSSR count). The summed E-state index contributed by atoms with van der Waals surface area (Å²) in [5.74, 6) is 0.764. The maximum absolute atomic E-state index is 12.3. The lowest BCUT2D eigenvalue weighted by molar-refractivity contribution is 0.0583. The zero-order chi connectivity index (χ0) is 22.9. The molecule has 0 spiro atoms. The van der Waals surface area contributed by atoms with Gasteiger partial charge in [-0.2, -0.15) is 0 Å². The maximum Gasteiger partial charge on any atom is 0.315 e. The molecule has 6 nitrogen and oxygen atoms in total. The molecule has 33 heavy (non-hydrogen) atoms. The lowest BCUT2D eigenvalue weighted by Crippen LogP contribution is -2.51. The zero-order valence-corrected chi connectivity index (χ0v) is 19.4. The predicted molar refractivity (Wildman–Crippen MR) is 131 cm³/mol. The number of amides is 2. The molecule has 2 amide bonds. The summed E-state index contributed by atoms with van der Waals surface area (Å²) in [4.78, 5) is 14.5. The van der Waals surface area contributed by atoms with Gasteiger partial charge in [0.15, 0.2) is 0 Å². The molecule has 0 aromatic heterocycles. The first kappa shape index (κ1) is 23.6. The number of aliphatic hydroxyl groups is 1. The van der Waals surface area contributed by atoms with Gasteiger partial charge in [-0.05, 0) is 48.9 Å². The SMILES string of the molecule is O=C(NC1CCCCC1)NC1CCN(CC(O)COc2ccc(-c3ccccc3)cc2)CC1. The number of aliphatic hydroxyl groups excluding tert-OH is 1. The number of rotatable bonds is 8. The largest absolute Gasteiger partial charge is 0.491 e. The van der Waals surface area contributed by atoms with Crippen molar-refractivity contribution >= 4 is 6.03 Å². The molecule has 2 aromatic rings. The molecule has 6 heteroatoms. The van der Waals surface area contributed by atoms with Crippen molar-refractivity contribution in [2.45, 2.75) is 63.1 Å². The van der Waals surface area contributed by atoms with Crippen molar-refractivity contribution in [2.75, 3.05) is 26.2 Å².